The zero-order valence-electron chi connectivity index (χ0n) is 17.5. The van der Waals surface area contributed by atoms with E-state index in [0.29, 0.717) is 16.9 Å². The van der Waals surface area contributed by atoms with Crippen LogP contribution in [0.2, 0.25) is 0 Å². The second kappa shape index (κ2) is 8.65. The van der Waals surface area contributed by atoms with Gasteiger partial charge in [0.2, 0.25) is 15.9 Å². The van der Waals surface area contributed by atoms with Crippen molar-refractivity contribution in [3.05, 3.63) is 58.1 Å². The number of carbonyl (C=O) groups is 2. The van der Waals surface area contributed by atoms with E-state index in [9.17, 15) is 18.0 Å². The van der Waals surface area contributed by atoms with Crippen molar-refractivity contribution in [2.75, 3.05) is 29.5 Å². The molecule has 0 unspecified atom stereocenters. The summed E-state index contributed by atoms with van der Waals surface area (Å²) in [5, 5.41) is 2.70. The molecule has 2 rings (SSSR count). The number of amides is 1. The molecule has 156 valence electrons. The molecule has 0 saturated heterocycles. The molecule has 1 amide bonds. The molecular formula is C21H26N2O5S. The van der Waals surface area contributed by atoms with Gasteiger partial charge >= 0.3 is 5.97 Å². The van der Waals surface area contributed by atoms with Crippen LogP contribution in [0.5, 0.6) is 0 Å². The van der Waals surface area contributed by atoms with E-state index in [-0.39, 0.29) is 6.54 Å². The third-order valence-electron chi connectivity index (χ3n) is 4.51. The second-order valence-electron chi connectivity index (χ2n) is 7.09. The molecule has 0 aromatic heterocycles. The van der Waals surface area contributed by atoms with Gasteiger partial charge in [0, 0.05) is 5.69 Å². The summed E-state index contributed by atoms with van der Waals surface area (Å²) in [6.45, 7) is 6.95. The number of esters is 1. The monoisotopic (exact) mass is 418 g/mol. The lowest BCUT2D eigenvalue weighted by atomic mass is 10.1. The van der Waals surface area contributed by atoms with E-state index in [2.05, 4.69) is 5.32 Å². The van der Waals surface area contributed by atoms with E-state index in [0.717, 1.165) is 32.8 Å². The van der Waals surface area contributed by atoms with Crippen LogP contribution in [-0.4, -0.2) is 40.2 Å². The molecule has 0 atom stereocenters. The van der Waals surface area contributed by atoms with E-state index < -0.39 is 21.9 Å². The number of hydrogen-bond acceptors (Lipinski definition) is 5. The number of carbonyl (C=O) groups excluding carboxylic acids is 2. The van der Waals surface area contributed by atoms with Crippen molar-refractivity contribution in [3.8, 4) is 0 Å². The highest BCUT2D eigenvalue weighted by molar-refractivity contribution is 7.92. The number of nitrogens with zero attached hydrogens (tertiary/aromatic N) is 1. The molecule has 0 fully saturated rings. The smallest absolute Gasteiger partial charge is 0.337 e. The van der Waals surface area contributed by atoms with Crippen LogP contribution in [0.25, 0.3) is 0 Å². The van der Waals surface area contributed by atoms with Crippen LogP contribution in [0.15, 0.2) is 30.3 Å². The maximum Gasteiger partial charge on any atom is 0.337 e. The molecule has 0 spiro atoms. The molecule has 0 radical (unpaired) electrons. The normalized spacial score (nSPS) is 11.1. The summed E-state index contributed by atoms with van der Waals surface area (Å²) in [6, 6.07) is 8.54. The Hall–Kier alpha value is -2.87. The molecule has 8 heteroatoms. The Morgan fingerprint density at radius 1 is 1.00 bits per heavy atom. The van der Waals surface area contributed by atoms with Crippen molar-refractivity contribution in [1.82, 2.24) is 0 Å². The van der Waals surface area contributed by atoms with Gasteiger partial charge in [0.25, 0.3) is 0 Å². The summed E-state index contributed by atoms with van der Waals surface area (Å²) >= 11 is 0. The molecule has 0 aliphatic rings. The van der Waals surface area contributed by atoms with Crippen LogP contribution in [0.1, 0.15) is 32.6 Å². The molecule has 0 bridgehead atoms. The number of aryl methyl sites for hydroxylation is 4. The average molecular weight is 419 g/mol. The Kier molecular flexibility index (Phi) is 6.69. The number of anilines is 2. The summed E-state index contributed by atoms with van der Waals surface area (Å²) in [5.41, 5.74) is 4.49. The molecule has 7 nitrogen and oxygen atoms in total. The minimum atomic E-state index is -3.70. The predicted molar refractivity (Wildman–Crippen MR) is 114 cm³/mol. The van der Waals surface area contributed by atoms with Crippen LogP contribution in [-0.2, 0) is 19.6 Å². The van der Waals surface area contributed by atoms with Crippen molar-refractivity contribution < 1.29 is 22.7 Å². The maximum atomic E-state index is 12.7. The van der Waals surface area contributed by atoms with Gasteiger partial charge in [-0.15, -0.1) is 0 Å². The van der Waals surface area contributed by atoms with Gasteiger partial charge in [0.1, 0.15) is 6.54 Å². The fourth-order valence-electron chi connectivity index (χ4n) is 3.25. The first-order chi connectivity index (χ1) is 13.4. The third-order valence-corrected chi connectivity index (χ3v) is 5.62. The number of benzene rings is 2. The van der Waals surface area contributed by atoms with Gasteiger partial charge in [-0.3, -0.25) is 9.10 Å². The number of sulfonamides is 1. The highest BCUT2D eigenvalue weighted by Gasteiger charge is 2.24. The van der Waals surface area contributed by atoms with Gasteiger partial charge < -0.3 is 10.1 Å². The Morgan fingerprint density at radius 2 is 1.59 bits per heavy atom. The van der Waals surface area contributed by atoms with E-state index in [1.165, 1.54) is 13.2 Å². The van der Waals surface area contributed by atoms with E-state index in [4.69, 9.17) is 4.74 Å². The molecule has 29 heavy (non-hydrogen) atoms. The molecule has 0 aliphatic carbocycles. The zero-order valence-corrected chi connectivity index (χ0v) is 18.3. The van der Waals surface area contributed by atoms with Crippen molar-refractivity contribution in [2.24, 2.45) is 0 Å². The first-order valence-electron chi connectivity index (χ1n) is 8.98. The van der Waals surface area contributed by atoms with Crippen LogP contribution >= 0.6 is 0 Å². The van der Waals surface area contributed by atoms with Crippen LogP contribution in [0, 0.1) is 27.7 Å². The standard InChI is InChI=1S/C21H26N2O5S/c1-13-9-15(3)20(16(4)10-13)23(29(6,26)27)12-19(24)22-18-11-17(21(25)28-5)8-7-14(18)2/h7-11H,12H2,1-6H3,(H,22,24). The number of hydrogen-bond donors (Lipinski definition) is 1. The fraction of sp³-hybridized carbons (Fsp3) is 0.333. The van der Waals surface area contributed by atoms with E-state index in [1.54, 1.807) is 19.1 Å². The number of methoxy groups -OCH3 is 1. The van der Waals surface area contributed by atoms with Gasteiger partial charge in [0.15, 0.2) is 0 Å². The minimum absolute atomic E-state index is 0.290. The van der Waals surface area contributed by atoms with Gasteiger partial charge in [-0.2, -0.15) is 0 Å². The topological polar surface area (TPSA) is 92.8 Å². The SMILES string of the molecule is COC(=O)c1ccc(C)c(NC(=O)CN(c2c(C)cc(C)cc2C)S(C)(=O)=O)c1. The van der Waals surface area contributed by atoms with Gasteiger partial charge in [-0.1, -0.05) is 23.8 Å². The molecule has 0 aliphatic heterocycles. The summed E-state index contributed by atoms with van der Waals surface area (Å²) in [6.07, 6.45) is 1.07. The van der Waals surface area contributed by atoms with Gasteiger partial charge in [-0.05, 0) is 56.5 Å². The van der Waals surface area contributed by atoms with Crippen molar-refractivity contribution in [2.45, 2.75) is 27.7 Å². The molecule has 2 aromatic carbocycles. The van der Waals surface area contributed by atoms with Crippen LogP contribution < -0.4 is 9.62 Å². The van der Waals surface area contributed by atoms with E-state index in [1.807, 2.05) is 32.9 Å². The van der Waals surface area contributed by atoms with Crippen molar-refractivity contribution in [1.29, 1.82) is 0 Å². The minimum Gasteiger partial charge on any atom is -0.465 e. The highest BCUT2D eigenvalue weighted by Crippen LogP contribution is 2.28. The van der Waals surface area contributed by atoms with Crippen LogP contribution in [0.4, 0.5) is 11.4 Å². The molecule has 0 heterocycles. The Morgan fingerprint density at radius 3 is 2.10 bits per heavy atom. The van der Waals surface area contributed by atoms with Gasteiger partial charge in [-0.25, -0.2) is 13.2 Å². The second-order valence-corrected chi connectivity index (χ2v) is 8.99. The lowest BCUT2D eigenvalue weighted by Crippen LogP contribution is -2.38. The first kappa shape index (κ1) is 22.4. The number of ether oxygens (including phenoxy) is 1. The largest absolute Gasteiger partial charge is 0.465 e. The summed E-state index contributed by atoms with van der Waals surface area (Å²) in [7, 11) is -2.43. The number of nitrogens with one attached hydrogen (secondary N) is 1. The third kappa shape index (κ3) is 5.35. The maximum absolute atomic E-state index is 12.7. The van der Waals surface area contributed by atoms with Crippen LogP contribution in [0.3, 0.4) is 0 Å². The molecular weight excluding hydrogens is 392 g/mol. The van der Waals surface area contributed by atoms with Gasteiger partial charge in [0.05, 0.1) is 24.6 Å². The Labute approximate surface area is 171 Å². The fourth-order valence-corrected chi connectivity index (χ4v) is 4.22. The first-order valence-corrected chi connectivity index (χ1v) is 10.8. The summed E-state index contributed by atoms with van der Waals surface area (Å²) in [4.78, 5) is 24.4. The quantitative estimate of drug-likeness (QED) is 0.728. The Bertz CT molecular complexity index is 1040. The lowest BCUT2D eigenvalue weighted by Gasteiger charge is -2.26. The predicted octanol–water partition coefficient (Wildman–Crippen LogP) is 3.11. The Balaban J connectivity index is 2.35. The summed E-state index contributed by atoms with van der Waals surface area (Å²) < 4.78 is 30.7. The summed E-state index contributed by atoms with van der Waals surface area (Å²) in [5.74, 6) is -1.04. The zero-order chi connectivity index (χ0) is 21.9. The van der Waals surface area contributed by atoms with Crippen molar-refractivity contribution >= 4 is 33.3 Å². The molecule has 1 N–H and O–H groups in total. The average Bonchev–Trinajstić information content (AvgIpc) is 2.60. The van der Waals surface area contributed by atoms with Crippen molar-refractivity contribution in [3.63, 3.8) is 0 Å². The highest BCUT2D eigenvalue weighted by atomic mass is 32.2. The molecule has 2 aromatic rings. The lowest BCUT2D eigenvalue weighted by molar-refractivity contribution is -0.114. The molecule has 0 saturated carbocycles. The van der Waals surface area contributed by atoms with E-state index >= 15 is 0 Å². The number of rotatable bonds is 6.